The Labute approximate surface area is 99.5 Å². The van der Waals surface area contributed by atoms with Gasteiger partial charge in [0, 0.05) is 0 Å². The monoisotopic (exact) mass is 220 g/mol. The lowest BCUT2D eigenvalue weighted by Gasteiger charge is -2.14. The van der Waals surface area contributed by atoms with Crippen LogP contribution in [0, 0.1) is 11.8 Å². The minimum absolute atomic E-state index is 0.227. The highest BCUT2D eigenvalue weighted by atomic mass is 16.3. The Morgan fingerprint density at radius 1 is 0.875 bits per heavy atom. The van der Waals surface area contributed by atoms with Crippen molar-refractivity contribution in [1.82, 2.24) is 0 Å². The number of benzene rings is 1. The molecule has 1 rings (SSSR count). The van der Waals surface area contributed by atoms with E-state index in [1.54, 1.807) is 0 Å². The predicted octanol–water partition coefficient (Wildman–Crippen LogP) is 3.44. The summed E-state index contributed by atoms with van der Waals surface area (Å²) in [7, 11) is 0. The van der Waals surface area contributed by atoms with Crippen LogP contribution in [0.2, 0.25) is 0 Å². The highest BCUT2D eigenvalue weighted by molar-refractivity contribution is 5.23. The van der Waals surface area contributed by atoms with Crippen molar-refractivity contribution in [1.29, 1.82) is 0 Å². The van der Waals surface area contributed by atoms with Gasteiger partial charge in [0.1, 0.15) is 0 Å². The second-order valence-corrected chi connectivity index (χ2v) is 5.34. The van der Waals surface area contributed by atoms with Crippen LogP contribution < -0.4 is 0 Å². The first-order valence-electron chi connectivity index (χ1n) is 6.25. The van der Waals surface area contributed by atoms with Gasteiger partial charge in [-0.05, 0) is 42.7 Å². The van der Waals surface area contributed by atoms with Crippen molar-refractivity contribution >= 4 is 0 Å². The van der Waals surface area contributed by atoms with Gasteiger partial charge in [-0.15, -0.1) is 0 Å². The Hall–Kier alpha value is -0.820. The average molecular weight is 220 g/mol. The highest BCUT2D eigenvalue weighted by Gasteiger charge is 2.09. The number of hydrogen-bond donors (Lipinski definition) is 1. The molecule has 2 atom stereocenters. The lowest BCUT2D eigenvalue weighted by molar-refractivity contribution is 0.135. The van der Waals surface area contributed by atoms with Crippen LogP contribution >= 0.6 is 0 Å². The van der Waals surface area contributed by atoms with Crippen LogP contribution in [0.3, 0.4) is 0 Å². The van der Waals surface area contributed by atoms with Crippen LogP contribution in [0.15, 0.2) is 24.3 Å². The molecule has 2 unspecified atom stereocenters. The zero-order valence-electron chi connectivity index (χ0n) is 10.9. The molecule has 0 aliphatic carbocycles. The van der Waals surface area contributed by atoms with Gasteiger partial charge < -0.3 is 5.11 Å². The topological polar surface area (TPSA) is 20.2 Å². The summed E-state index contributed by atoms with van der Waals surface area (Å²) in [6, 6.07) is 8.81. The smallest absolute Gasteiger partial charge is 0.0540 e. The van der Waals surface area contributed by atoms with Crippen LogP contribution in [0.25, 0.3) is 0 Å². The Balaban J connectivity index is 2.57. The molecule has 1 aromatic rings. The molecule has 1 N–H and O–H groups in total. The molecule has 90 valence electrons. The zero-order valence-corrected chi connectivity index (χ0v) is 10.9. The second kappa shape index (κ2) is 6.05. The molecular formula is C15H24O. The molecule has 0 spiro atoms. The van der Waals surface area contributed by atoms with Crippen molar-refractivity contribution < 1.29 is 5.11 Å². The van der Waals surface area contributed by atoms with E-state index in [1.165, 1.54) is 11.1 Å². The number of aliphatic hydroxyl groups excluding tert-OH is 1. The van der Waals surface area contributed by atoms with E-state index in [9.17, 15) is 5.11 Å². The number of aliphatic hydroxyl groups is 1. The third-order valence-electron chi connectivity index (χ3n) is 3.05. The van der Waals surface area contributed by atoms with Crippen molar-refractivity contribution in [3.8, 4) is 0 Å². The molecular weight excluding hydrogens is 196 g/mol. The summed E-state index contributed by atoms with van der Waals surface area (Å²) >= 11 is 0. The predicted molar refractivity (Wildman–Crippen MR) is 69.5 cm³/mol. The quantitative estimate of drug-likeness (QED) is 0.806. The van der Waals surface area contributed by atoms with Crippen LogP contribution in [-0.4, -0.2) is 11.2 Å². The lowest BCUT2D eigenvalue weighted by atomic mass is 9.95. The number of rotatable bonds is 5. The average Bonchev–Trinajstić information content (AvgIpc) is 2.20. The molecule has 0 aromatic heterocycles. The van der Waals surface area contributed by atoms with Gasteiger partial charge in [-0.25, -0.2) is 0 Å². The van der Waals surface area contributed by atoms with Gasteiger partial charge in [-0.1, -0.05) is 45.0 Å². The fourth-order valence-corrected chi connectivity index (χ4v) is 1.83. The summed E-state index contributed by atoms with van der Waals surface area (Å²) < 4.78 is 0. The van der Waals surface area contributed by atoms with E-state index < -0.39 is 0 Å². The van der Waals surface area contributed by atoms with E-state index in [-0.39, 0.29) is 6.10 Å². The summed E-state index contributed by atoms with van der Waals surface area (Å²) in [4.78, 5) is 0. The summed E-state index contributed by atoms with van der Waals surface area (Å²) in [5.74, 6) is 1.04. The fraction of sp³-hybridized carbons (Fsp3) is 0.600. The van der Waals surface area contributed by atoms with Gasteiger partial charge in [-0.3, -0.25) is 0 Å². The third-order valence-corrected chi connectivity index (χ3v) is 3.05. The van der Waals surface area contributed by atoms with Crippen molar-refractivity contribution in [2.45, 2.75) is 46.6 Å². The Kier molecular flexibility index (Phi) is 5.01. The fourth-order valence-electron chi connectivity index (χ4n) is 1.83. The van der Waals surface area contributed by atoms with Gasteiger partial charge >= 0.3 is 0 Å². The molecule has 1 aromatic carbocycles. The first-order valence-corrected chi connectivity index (χ1v) is 6.25. The zero-order chi connectivity index (χ0) is 12.1. The first kappa shape index (κ1) is 13.2. The maximum absolute atomic E-state index is 9.46. The Morgan fingerprint density at radius 2 is 1.31 bits per heavy atom. The third kappa shape index (κ3) is 4.36. The summed E-state index contributed by atoms with van der Waals surface area (Å²) in [6.45, 7) is 8.43. The first-order chi connectivity index (χ1) is 7.49. The molecule has 0 aliphatic rings. The van der Waals surface area contributed by atoms with Crippen molar-refractivity contribution in [2.75, 3.05) is 0 Å². The second-order valence-electron chi connectivity index (χ2n) is 5.34. The molecule has 0 fully saturated rings. The van der Waals surface area contributed by atoms with Gasteiger partial charge in [0.15, 0.2) is 0 Å². The van der Waals surface area contributed by atoms with Crippen LogP contribution in [-0.2, 0) is 12.8 Å². The highest BCUT2D eigenvalue weighted by Crippen LogP contribution is 2.14. The maximum Gasteiger partial charge on any atom is 0.0540 e. The van der Waals surface area contributed by atoms with Crippen LogP contribution in [0.4, 0.5) is 0 Å². The SMILES string of the molecule is CC(C)Cc1ccc(CC(C)C(C)O)cc1. The molecule has 1 heteroatoms. The molecule has 0 saturated heterocycles. The van der Waals surface area contributed by atoms with Crippen molar-refractivity contribution in [3.05, 3.63) is 35.4 Å². The summed E-state index contributed by atoms with van der Waals surface area (Å²) in [5.41, 5.74) is 2.73. The van der Waals surface area contributed by atoms with Gasteiger partial charge in [0.05, 0.1) is 6.10 Å². The van der Waals surface area contributed by atoms with Gasteiger partial charge in [0.2, 0.25) is 0 Å². The molecule has 0 radical (unpaired) electrons. The minimum Gasteiger partial charge on any atom is -0.393 e. The molecule has 0 heterocycles. The largest absolute Gasteiger partial charge is 0.393 e. The molecule has 0 saturated carbocycles. The van der Waals surface area contributed by atoms with E-state index in [2.05, 4.69) is 45.0 Å². The van der Waals surface area contributed by atoms with E-state index in [1.807, 2.05) is 6.92 Å². The molecule has 1 nitrogen and oxygen atoms in total. The van der Waals surface area contributed by atoms with Gasteiger partial charge in [0.25, 0.3) is 0 Å². The molecule has 16 heavy (non-hydrogen) atoms. The normalized spacial score (nSPS) is 15.1. The molecule has 0 bridgehead atoms. The van der Waals surface area contributed by atoms with Crippen LogP contribution in [0.5, 0.6) is 0 Å². The van der Waals surface area contributed by atoms with E-state index >= 15 is 0 Å². The maximum atomic E-state index is 9.46. The minimum atomic E-state index is -0.227. The Bertz CT molecular complexity index is 298. The van der Waals surface area contributed by atoms with E-state index in [0.717, 1.165) is 12.8 Å². The van der Waals surface area contributed by atoms with E-state index in [0.29, 0.717) is 11.8 Å². The summed E-state index contributed by atoms with van der Waals surface area (Å²) in [5, 5.41) is 9.46. The van der Waals surface area contributed by atoms with Crippen molar-refractivity contribution in [2.24, 2.45) is 11.8 Å². The summed E-state index contributed by atoms with van der Waals surface area (Å²) in [6.07, 6.45) is 1.88. The van der Waals surface area contributed by atoms with E-state index in [4.69, 9.17) is 0 Å². The molecule has 0 amide bonds. The Morgan fingerprint density at radius 3 is 1.69 bits per heavy atom. The van der Waals surface area contributed by atoms with Crippen molar-refractivity contribution in [3.63, 3.8) is 0 Å². The standard InChI is InChI=1S/C15H24O/c1-11(2)9-14-5-7-15(8-6-14)10-12(3)13(4)16/h5-8,11-13,16H,9-10H2,1-4H3. The van der Waals surface area contributed by atoms with Gasteiger partial charge in [-0.2, -0.15) is 0 Å². The molecule has 0 aliphatic heterocycles. The lowest BCUT2D eigenvalue weighted by Crippen LogP contribution is -2.15. The van der Waals surface area contributed by atoms with Crippen LogP contribution in [0.1, 0.15) is 38.8 Å². The number of hydrogen-bond acceptors (Lipinski definition) is 1.